The summed E-state index contributed by atoms with van der Waals surface area (Å²) < 4.78 is 11.1. The molecule has 2 aromatic carbocycles. The predicted molar refractivity (Wildman–Crippen MR) is 95.7 cm³/mol. The molecule has 0 radical (unpaired) electrons. The highest BCUT2D eigenvalue weighted by Gasteiger charge is 2.14. The number of carbonyl (C=O) groups is 1. The SMILES string of the molecule is CCOc1cccc(CNC(=O)[C@H](C)Oc2ccc(Cl)c(C)c2)c1. The van der Waals surface area contributed by atoms with Gasteiger partial charge in [-0.1, -0.05) is 23.7 Å². The van der Waals surface area contributed by atoms with Gasteiger partial charge in [-0.2, -0.15) is 0 Å². The number of aryl methyl sites for hydroxylation is 1. The third-order valence-corrected chi connectivity index (χ3v) is 3.91. The van der Waals surface area contributed by atoms with E-state index < -0.39 is 6.10 Å². The van der Waals surface area contributed by atoms with Crippen molar-refractivity contribution in [1.29, 1.82) is 0 Å². The smallest absolute Gasteiger partial charge is 0.261 e. The Morgan fingerprint density at radius 3 is 2.71 bits per heavy atom. The molecule has 0 aliphatic heterocycles. The van der Waals surface area contributed by atoms with Crippen LogP contribution in [0.25, 0.3) is 0 Å². The fourth-order valence-corrected chi connectivity index (χ4v) is 2.31. The summed E-state index contributed by atoms with van der Waals surface area (Å²) in [5, 5.41) is 3.54. The number of rotatable bonds is 7. The normalized spacial score (nSPS) is 11.7. The Morgan fingerprint density at radius 2 is 2.00 bits per heavy atom. The van der Waals surface area contributed by atoms with Gasteiger partial charge < -0.3 is 14.8 Å². The molecule has 4 nitrogen and oxygen atoms in total. The molecule has 128 valence electrons. The summed E-state index contributed by atoms with van der Waals surface area (Å²) in [6.45, 7) is 6.58. The van der Waals surface area contributed by atoms with Crippen LogP contribution in [0.2, 0.25) is 5.02 Å². The summed E-state index contributed by atoms with van der Waals surface area (Å²) in [5.41, 5.74) is 1.89. The van der Waals surface area contributed by atoms with E-state index in [1.807, 2.05) is 44.2 Å². The molecule has 0 heterocycles. The Bertz CT molecular complexity index is 703. The van der Waals surface area contributed by atoms with E-state index in [1.54, 1.807) is 19.1 Å². The zero-order valence-corrected chi connectivity index (χ0v) is 14.9. The van der Waals surface area contributed by atoms with E-state index in [1.165, 1.54) is 0 Å². The van der Waals surface area contributed by atoms with Crippen LogP contribution in [-0.4, -0.2) is 18.6 Å². The van der Waals surface area contributed by atoms with Crippen LogP contribution in [0.3, 0.4) is 0 Å². The highest BCUT2D eigenvalue weighted by molar-refractivity contribution is 6.31. The summed E-state index contributed by atoms with van der Waals surface area (Å²) in [6, 6.07) is 13.0. The van der Waals surface area contributed by atoms with Crippen molar-refractivity contribution < 1.29 is 14.3 Å². The van der Waals surface area contributed by atoms with Gasteiger partial charge in [-0.3, -0.25) is 4.79 Å². The fraction of sp³-hybridized carbons (Fsp3) is 0.316. The molecule has 0 aliphatic carbocycles. The quantitative estimate of drug-likeness (QED) is 0.819. The molecule has 1 N–H and O–H groups in total. The first-order valence-electron chi connectivity index (χ1n) is 7.92. The first-order chi connectivity index (χ1) is 11.5. The van der Waals surface area contributed by atoms with Gasteiger partial charge in [0.1, 0.15) is 11.5 Å². The van der Waals surface area contributed by atoms with E-state index in [2.05, 4.69) is 5.32 Å². The Balaban J connectivity index is 1.89. The van der Waals surface area contributed by atoms with Crippen LogP contribution < -0.4 is 14.8 Å². The summed E-state index contributed by atoms with van der Waals surface area (Å²) in [4.78, 5) is 12.2. The number of hydrogen-bond acceptors (Lipinski definition) is 3. The second kappa shape index (κ2) is 8.60. The number of ether oxygens (including phenoxy) is 2. The molecular weight excluding hydrogens is 326 g/mol. The lowest BCUT2D eigenvalue weighted by atomic mass is 10.2. The lowest BCUT2D eigenvalue weighted by molar-refractivity contribution is -0.127. The molecule has 1 atom stereocenters. The van der Waals surface area contributed by atoms with E-state index in [0.717, 1.165) is 16.9 Å². The Kier molecular flexibility index (Phi) is 6.50. The first-order valence-corrected chi connectivity index (χ1v) is 8.29. The minimum Gasteiger partial charge on any atom is -0.494 e. The van der Waals surface area contributed by atoms with E-state index in [0.29, 0.717) is 23.9 Å². The summed E-state index contributed by atoms with van der Waals surface area (Å²) in [7, 11) is 0. The average molecular weight is 348 g/mol. The number of carbonyl (C=O) groups excluding carboxylic acids is 1. The zero-order chi connectivity index (χ0) is 17.5. The van der Waals surface area contributed by atoms with Gasteiger partial charge in [-0.05, 0) is 62.2 Å². The molecule has 0 aromatic heterocycles. The van der Waals surface area contributed by atoms with Gasteiger partial charge in [0.2, 0.25) is 0 Å². The summed E-state index contributed by atoms with van der Waals surface area (Å²) >= 11 is 5.99. The molecule has 0 unspecified atom stereocenters. The van der Waals surface area contributed by atoms with E-state index in [-0.39, 0.29) is 5.91 Å². The molecule has 0 spiro atoms. The number of amides is 1. The first kappa shape index (κ1) is 18.1. The monoisotopic (exact) mass is 347 g/mol. The molecule has 0 saturated heterocycles. The Morgan fingerprint density at radius 1 is 1.21 bits per heavy atom. The lowest BCUT2D eigenvalue weighted by Crippen LogP contribution is -2.35. The standard InChI is InChI=1S/C19H22ClNO3/c1-4-23-16-7-5-6-15(11-16)12-21-19(22)14(3)24-17-8-9-18(20)13(2)10-17/h5-11,14H,4,12H2,1-3H3,(H,21,22)/t14-/m0/s1. The van der Waals surface area contributed by atoms with E-state index in [4.69, 9.17) is 21.1 Å². The molecule has 1 amide bonds. The van der Waals surface area contributed by atoms with Crippen molar-refractivity contribution in [1.82, 2.24) is 5.32 Å². The van der Waals surface area contributed by atoms with Gasteiger partial charge in [0.25, 0.3) is 5.91 Å². The van der Waals surface area contributed by atoms with Gasteiger partial charge in [0.15, 0.2) is 6.10 Å². The molecule has 5 heteroatoms. The Labute approximate surface area is 147 Å². The minimum atomic E-state index is -0.597. The largest absolute Gasteiger partial charge is 0.494 e. The van der Waals surface area contributed by atoms with Gasteiger partial charge in [0.05, 0.1) is 6.61 Å². The van der Waals surface area contributed by atoms with Crippen molar-refractivity contribution in [2.75, 3.05) is 6.61 Å². The van der Waals surface area contributed by atoms with Crippen LogP contribution in [0.5, 0.6) is 11.5 Å². The Hall–Kier alpha value is -2.20. The average Bonchev–Trinajstić information content (AvgIpc) is 2.56. The topological polar surface area (TPSA) is 47.6 Å². The van der Waals surface area contributed by atoms with Crippen LogP contribution in [0, 0.1) is 6.92 Å². The van der Waals surface area contributed by atoms with Gasteiger partial charge >= 0.3 is 0 Å². The molecule has 2 rings (SSSR count). The van der Waals surface area contributed by atoms with Crippen molar-refractivity contribution >= 4 is 17.5 Å². The number of nitrogens with one attached hydrogen (secondary N) is 1. The second-order valence-electron chi connectivity index (χ2n) is 5.47. The van der Waals surface area contributed by atoms with Crippen molar-refractivity contribution in [3.63, 3.8) is 0 Å². The van der Waals surface area contributed by atoms with Crippen LogP contribution in [0.4, 0.5) is 0 Å². The van der Waals surface area contributed by atoms with Crippen molar-refractivity contribution in [2.24, 2.45) is 0 Å². The maximum Gasteiger partial charge on any atom is 0.261 e. The fourth-order valence-electron chi connectivity index (χ4n) is 2.19. The van der Waals surface area contributed by atoms with Gasteiger partial charge in [-0.15, -0.1) is 0 Å². The number of halogens is 1. The van der Waals surface area contributed by atoms with Gasteiger partial charge in [0, 0.05) is 11.6 Å². The predicted octanol–water partition coefficient (Wildman–Crippen LogP) is 4.13. The molecule has 0 bridgehead atoms. The third-order valence-electron chi connectivity index (χ3n) is 3.49. The maximum absolute atomic E-state index is 12.2. The molecule has 2 aromatic rings. The third kappa shape index (κ3) is 5.17. The van der Waals surface area contributed by atoms with Crippen molar-refractivity contribution in [3.05, 3.63) is 58.6 Å². The van der Waals surface area contributed by atoms with Crippen molar-refractivity contribution in [3.8, 4) is 11.5 Å². The molecule has 0 saturated carbocycles. The zero-order valence-electron chi connectivity index (χ0n) is 14.1. The lowest BCUT2D eigenvalue weighted by Gasteiger charge is -2.15. The van der Waals surface area contributed by atoms with Crippen LogP contribution in [0.15, 0.2) is 42.5 Å². The molecule has 0 aliphatic rings. The number of hydrogen-bond donors (Lipinski definition) is 1. The van der Waals surface area contributed by atoms with Crippen LogP contribution >= 0.6 is 11.6 Å². The highest BCUT2D eigenvalue weighted by atomic mass is 35.5. The minimum absolute atomic E-state index is 0.176. The van der Waals surface area contributed by atoms with E-state index >= 15 is 0 Å². The second-order valence-corrected chi connectivity index (χ2v) is 5.88. The molecule has 24 heavy (non-hydrogen) atoms. The number of benzene rings is 2. The highest BCUT2D eigenvalue weighted by Crippen LogP contribution is 2.22. The molecule has 0 fully saturated rings. The summed E-state index contributed by atoms with van der Waals surface area (Å²) in [6.07, 6.45) is -0.597. The van der Waals surface area contributed by atoms with Gasteiger partial charge in [-0.25, -0.2) is 0 Å². The van der Waals surface area contributed by atoms with Crippen LogP contribution in [0.1, 0.15) is 25.0 Å². The van der Waals surface area contributed by atoms with E-state index in [9.17, 15) is 4.79 Å². The van der Waals surface area contributed by atoms with Crippen LogP contribution in [-0.2, 0) is 11.3 Å². The summed E-state index contributed by atoms with van der Waals surface area (Å²) in [5.74, 6) is 1.24. The molecular formula is C19H22ClNO3. The maximum atomic E-state index is 12.2. The van der Waals surface area contributed by atoms with Crippen molar-refractivity contribution in [2.45, 2.75) is 33.4 Å².